The Morgan fingerprint density at radius 1 is 1.21 bits per heavy atom. The zero-order chi connectivity index (χ0) is 25.3. The van der Waals surface area contributed by atoms with Crippen LogP contribution in [0.3, 0.4) is 0 Å². The van der Waals surface area contributed by atoms with E-state index in [4.69, 9.17) is 10.5 Å². The van der Waals surface area contributed by atoms with Crippen molar-refractivity contribution in [3.8, 4) is 0 Å². The number of hydrogen-bond acceptors (Lipinski definition) is 7. The lowest BCUT2D eigenvalue weighted by atomic mass is 9.85. The van der Waals surface area contributed by atoms with Crippen LogP contribution in [0, 0.1) is 5.92 Å². The number of carbonyl (C=O) groups is 1. The number of thioether (sulfide) groups is 1. The molecule has 0 radical (unpaired) electrons. The average Bonchev–Trinajstić information content (AvgIpc) is 3.07. The fourth-order valence-electron chi connectivity index (χ4n) is 4.45. The van der Waals surface area contributed by atoms with Crippen molar-refractivity contribution in [1.29, 1.82) is 0 Å². The molecule has 0 unspecified atom stereocenters. The molecule has 1 atom stereocenters. The lowest BCUT2D eigenvalue weighted by Gasteiger charge is -2.35. The molecule has 0 saturated heterocycles. The molecule has 8 nitrogen and oxygen atoms in total. The van der Waals surface area contributed by atoms with E-state index >= 15 is 0 Å². The molecule has 1 aliphatic carbocycles. The molecule has 0 bridgehead atoms. The van der Waals surface area contributed by atoms with Gasteiger partial charge in [-0.25, -0.2) is 17.9 Å². The van der Waals surface area contributed by atoms with Gasteiger partial charge in [0.1, 0.15) is 0 Å². The maximum Gasteiger partial charge on any atom is 0.407 e. The van der Waals surface area contributed by atoms with Gasteiger partial charge in [-0.3, -0.25) is 0 Å². The number of anilines is 1. The van der Waals surface area contributed by atoms with E-state index in [1.54, 1.807) is 23.9 Å². The Balaban J connectivity index is 1.70. The Morgan fingerprint density at radius 3 is 2.44 bits per heavy atom. The van der Waals surface area contributed by atoms with E-state index in [0.29, 0.717) is 17.2 Å². The van der Waals surface area contributed by atoms with Crippen LogP contribution < -0.4 is 15.8 Å². The minimum Gasteiger partial charge on any atom is -0.447 e. The van der Waals surface area contributed by atoms with Gasteiger partial charge in [-0.05, 0) is 78.4 Å². The topological polar surface area (TPSA) is 114 Å². The van der Waals surface area contributed by atoms with Gasteiger partial charge in [0.2, 0.25) is 10.0 Å². The molecule has 34 heavy (non-hydrogen) atoms. The minimum atomic E-state index is -3.75. The number of nitrogens with zero attached hydrogens (tertiary/aromatic N) is 1. The monoisotopic (exact) mass is 510 g/mol. The number of rotatable bonds is 6. The van der Waals surface area contributed by atoms with Crippen LogP contribution in [0.25, 0.3) is 4.91 Å². The normalized spacial score (nSPS) is 23.7. The molecule has 190 valence electrons. The van der Waals surface area contributed by atoms with Crippen LogP contribution in [-0.4, -0.2) is 49.5 Å². The molecule has 3 rings (SSSR count). The molecule has 1 aromatic rings. The number of carbonyl (C=O) groups excluding carboxylic acids is 1. The molecular formula is C24H38N4O4S2. The number of nitrogens with one attached hydrogen (secondary N) is 2. The Hall–Kier alpha value is -1.91. The summed E-state index contributed by atoms with van der Waals surface area (Å²) < 4.78 is 34.3. The molecule has 0 aromatic heterocycles. The highest BCUT2D eigenvalue weighted by Crippen LogP contribution is 2.47. The summed E-state index contributed by atoms with van der Waals surface area (Å²) in [4.78, 5) is 15.2. The highest BCUT2D eigenvalue weighted by Gasteiger charge is 2.36. The van der Waals surface area contributed by atoms with E-state index in [9.17, 15) is 13.2 Å². The molecule has 0 spiro atoms. The number of hydrogen-bond donors (Lipinski definition) is 3. The van der Waals surface area contributed by atoms with Crippen LogP contribution in [0.2, 0.25) is 0 Å². The number of ether oxygens (including phenoxy) is 1. The van der Waals surface area contributed by atoms with Gasteiger partial charge in [-0.2, -0.15) is 0 Å². The first-order valence-corrected chi connectivity index (χ1v) is 14.1. The van der Waals surface area contributed by atoms with E-state index in [1.165, 1.54) is 6.07 Å². The second-order valence-electron chi connectivity index (χ2n) is 10.5. The third-order valence-electron chi connectivity index (χ3n) is 5.81. The lowest BCUT2D eigenvalue weighted by Crippen LogP contribution is -2.41. The molecule has 2 aliphatic rings. The van der Waals surface area contributed by atoms with Gasteiger partial charge in [0.15, 0.2) is 0 Å². The number of sulfonamides is 1. The largest absolute Gasteiger partial charge is 0.447 e. The summed E-state index contributed by atoms with van der Waals surface area (Å²) in [5, 5.41) is 3.19. The van der Waals surface area contributed by atoms with Gasteiger partial charge < -0.3 is 20.7 Å². The van der Waals surface area contributed by atoms with Crippen LogP contribution in [0.5, 0.6) is 0 Å². The van der Waals surface area contributed by atoms with E-state index in [0.717, 1.165) is 30.6 Å². The predicted molar refractivity (Wildman–Crippen MR) is 139 cm³/mol. The lowest BCUT2D eigenvalue weighted by molar-refractivity contribution is 0.108. The Labute approximate surface area is 208 Å². The smallest absolute Gasteiger partial charge is 0.407 e. The minimum absolute atomic E-state index is 0.129. The molecule has 1 saturated carbocycles. The SMILES string of the molecule is CC(C)OC(=O)NC1CCC([C@H]2SC(c3ccc(N)cc3S(=O)(=O)NC(C)(C)C)=CN2C)CC1. The summed E-state index contributed by atoms with van der Waals surface area (Å²) in [6, 6.07) is 5.20. The zero-order valence-electron chi connectivity index (χ0n) is 20.9. The quantitative estimate of drug-likeness (QED) is 0.488. The molecule has 10 heteroatoms. The van der Waals surface area contributed by atoms with Crippen molar-refractivity contribution in [2.45, 2.75) is 88.3 Å². The van der Waals surface area contributed by atoms with Crippen LogP contribution in [0.1, 0.15) is 65.9 Å². The van der Waals surface area contributed by atoms with Crippen LogP contribution >= 0.6 is 11.8 Å². The molecule has 1 fully saturated rings. The van der Waals surface area contributed by atoms with Crippen molar-refractivity contribution in [3.63, 3.8) is 0 Å². The summed E-state index contributed by atoms with van der Waals surface area (Å²) in [5.74, 6) is 0.435. The first kappa shape index (κ1) is 26.7. The third kappa shape index (κ3) is 6.82. The number of nitrogens with two attached hydrogens (primary N) is 1. The Morgan fingerprint density at radius 2 is 1.85 bits per heavy atom. The Kier molecular flexibility index (Phi) is 8.14. The van der Waals surface area contributed by atoms with Crippen molar-refractivity contribution in [2.75, 3.05) is 12.8 Å². The van der Waals surface area contributed by atoms with Gasteiger partial charge >= 0.3 is 6.09 Å². The van der Waals surface area contributed by atoms with E-state index < -0.39 is 15.6 Å². The molecule has 1 aliphatic heterocycles. The standard InChI is InChI=1S/C24H38N4O4S2/c1-15(2)32-23(29)26-18-10-7-16(8-11-18)22-28(6)14-20(33-22)19-12-9-17(25)13-21(19)34(30,31)27-24(3,4)5/h9,12-16,18,22,27H,7-8,10-11,25H2,1-6H3,(H,26,29)/t16?,18?,22-/m1/s1. The third-order valence-corrected chi connectivity index (χ3v) is 9.15. The summed E-state index contributed by atoms with van der Waals surface area (Å²) in [6.45, 7) is 9.13. The maximum absolute atomic E-state index is 13.2. The second-order valence-corrected chi connectivity index (χ2v) is 13.3. The second kappa shape index (κ2) is 10.4. The number of alkyl carbamates (subject to hydrolysis) is 1. The summed E-state index contributed by atoms with van der Waals surface area (Å²) in [5.41, 5.74) is 6.43. The number of amides is 1. The van der Waals surface area contributed by atoms with Crippen LogP contribution in [0.4, 0.5) is 10.5 Å². The Bertz CT molecular complexity index is 1030. The number of benzene rings is 1. The molecule has 1 heterocycles. The van der Waals surface area contributed by atoms with E-state index in [2.05, 4.69) is 14.9 Å². The van der Waals surface area contributed by atoms with Crippen molar-refractivity contribution in [3.05, 3.63) is 30.0 Å². The van der Waals surface area contributed by atoms with Gasteiger partial charge in [0.25, 0.3) is 0 Å². The molecule has 1 aromatic carbocycles. The zero-order valence-corrected chi connectivity index (χ0v) is 22.6. The summed E-state index contributed by atoms with van der Waals surface area (Å²) in [7, 11) is -1.72. The summed E-state index contributed by atoms with van der Waals surface area (Å²) in [6.07, 6.45) is 5.30. The first-order chi connectivity index (χ1) is 15.7. The van der Waals surface area contributed by atoms with Crippen molar-refractivity contribution >= 4 is 38.5 Å². The number of nitrogen functional groups attached to an aromatic ring is 1. The van der Waals surface area contributed by atoms with Gasteiger partial charge in [0, 0.05) is 41.0 Å². The van der Waals surface area contributed by atoms with Gasteiger partial charge in [-0.15, -0.1) is 0 Å². The molecular weight excluding hydrogens is 472 g/mol. The fraction of sp³-hybridized carbons (Fsp3) is 0.625. The predicted octanol–water partition coefficient (Wildman–Crippen LogP) is 4.34. The molecule has 4 N–H and O–H groups in total. The van der Waals surface area contributed by atoms with Crippen molar-refractivity contribution in [2.24, 2.45) is 5.92 Å². The maximum atomic E-state index is 13.2. The fourth-order valence-corrected chi connectivity index (χ4v) is 7.67. The average molecular weight is 511 g/mol. The molecule has 1 amide bonds. The summed E-state index contributed by atoms with van der Waals surface area (Å²) >= 11 is 1.70. The van der Waals surface area contributed by atoms with Crippen molar-refractivity contribution in [1.82, 2.24) is 14.9 Å². The van der Waals surface area contributed by atoms with E-state index in [-0.39, 0.29) is 28.5 Å². The van der Waals surface area contributed by atoms with Gasteiger partial charge in [0.05, 0.1) is 16.4 Å². The highest BCUT2D eigenvalue weighted by molar-refractivity contribution is 8.09. The van der Waals surface area contributed by atoms with Crippen LogP contribution in [-0.2, 0) is 14.8 Å². The highest BCUT2D eigenvalue weighted by atomic mass is 32.2. The van der Waals surface area contributed by atoms with Gasteiger partial charge in [-0.1, -0.05) is 17.8 Å². The van der Waals surface area contributed by atoms with Crippen LogP contribution in [0.15, 0.2) is 29.3 Å². The van der Waals surface area contributed by atoms with Crippen molar-refractivity contribution < 1.29 is 17.9 Å². The van der Waals surface area contributed by atoms with E-state index in [1.807, 2.05) is 47.9 Å². The first-order valence-electron chi connectivity index (χ1n) is 11.8.